The fourth-order valence-corrected chi connectivity index (χ4v) is 2.04. The van der Waals surface area contributed by atoms with Crippen LogP contribution >= 0.6 is 15.6 Å². The van der Waals surface area contributed by atoms with Crippen LogP contribution in [-0.2, 0) is 18.0 Å². The predicted octanol–water partition coefficient (Wildman–Crippen LogP) is -0.637. The van der Waals surface area contributed by atoms with E-state index in [2.05, 4.69) is 8.83 Å². The SMILES string of the molecule is CC(C)CCOP(=O)([O-])OP(=O)([O-])[O-]. The number of phosphoric acid groups is 2. The summed E-state index contributed by atoms with van der Waals surface area (Å²) in [7, 11) is -10.6. The van der Waals surface area contributed by atoms with Gasteiger partial charge < -0.3 is 23.8 Å². The molecule has 0 saturated heterocycles. The normalized spacial score (nSPS) is 17.0. The van der Waals surface area contributed by atoms with E-state index in [1.807, 2.05) is 13.8 Å². The van der Waals surface area contributed by atoms with E-state index < -0.39 is 15.6 Å². The molecule has 0 aromatic heterocycles. The van der Waals surface area contributed by atoms with Gasteiger partial charge in [-0.3, -0.25) is 8.88 Å². The minimum Gasteiger partial charge on any atom is -0.790 e. The Morgan fingerprint density at radius 2 is 1.71 bits per heavy atom. The lowest BCUT2D eigenvalue weighted by atomic mass is 10.2. The summed E-state index contributed by atoms with van der Waals surface area (Å²) in [4.78, 5) is 30.5. The Labute approximate surface area is 81.9 Å². The lowest BCUT2D eigenvalue weighted by Crippen LogP contribution is -2.19. The van der Waals surface area contributed by atoms with Crippen LogP contribution in [0.25, 0.3) is 0 Å². The molecular formula is C5H11O7P2-3. The van der Waals surface area contributed by atoms with Crippen molar-refractivity contribution in [2.45, 2.75) is 20.3 Å². The third kappa shape index (κ3) is 8.84. The summed E-state index contributed by atoms with van der Waals surface area (Å²) in [6, 6.07) is 0. The molecule has 0 aliphatic rings. The summed E-state index contributed by atoms with van der Waals surface area (Å²) in [6.07, 6.45) is 0.414. The molecule has 0 bridgehead atoms. The van der Waals surface area contributed by atoms with Crippen molar-refractivity contribution in [2.24, 2.45) is 5.92 Å². The van der Waals surface area contributed by atoms with Gasteiger partial charge in [0, 0.05) is 0 Å². The fourth-order valence-electron chi connectivity index (χ4n) is 0.546. The predicted molar refractivity (Wildman–Crippen MR) is 41.7 cm³/mol. The van der Waals surface area contributed by atoms with Crippen molar-refractivity contribution in [1.82, 2.24) is 0 Å². The second-order valence-corrected chi connectivity index (χ2v) is 5.69. The zero-order chi connectivity index (χ0) is 11.4. The highest BCUT2D eigenvalue weighted by molar-refractivity contribution is 7.58. The van der Waals surface area contributed by atoms with Crippen molar-refractivity contribution in [2.75, 3.05) is 6.61 Å². The Bertz CT molecular complexity index is 257. The number of phosphoric ester groups is 1. The molecular weight excluding hydrogens is 234 g/mol. The van der Waals surface area contributed by atoms with Crippen LogP contribution < -0.4 is 14.7 Å². The highest BCUT2D eigenvalue weighted by Crippen LogP contribution is 2.50. The van der Waals surface area contributed by atoms with Gasteiger partial charge in [0.1, 0.15) is 0 Å². The third-order valence-corrected chi connectivity index (χ3v) is 3.24. The van der Waals surface area contributed by atoms with Gasteiger partial charge in [-0.25, -0.2) is 0 Å². The van der Waals surface area contributed by atoms with Crippen LogP contribution in [0, 0.1) is 5.92 Å². The summed E-state index contributed by atoms with van der Waals surface area (Å²) in [6.45, 7) is 3.44. The summed E-state index contributed by atoms with van der Waals surface area (Å²) in [5.74, 6) is 0.196. The molecule has 9 heteroatoms. The molecule has 1 atom stereocenters. The van der Waals surface area contributed by atoms with Crippen LogP contribution in [0.4, 0.5) is 0 Å². The van der Waals surface area contributed by atoms with Gasteiger partial charge in [-0.05, 0) is 12.3 Å². The van der Waals surface area contributed by atoms with E-state index in [-0.39, 0.29) is 12.5 Å². The van der Waals surface area contributed by atoms with E-state index in [1.165, 1.54) is 0 Å². The maximum absolute atomic E-state index is 10.6. The standard InChI is InChI=1S/C5H14O7P2/c1-5(2)3-4-11-14(9,10)12-13(6,7)8/h5H,3-4H2,1-2H3,(H,9,10)(H2,6,7,8)/p-3. The maximum Gasteiger partial charge on any atom is 0.271 e. The number of hydrogen-bond acceptors (Lipinski definition) is 7. The lowest BCUT2D eigenvalue weighted by molar-refractivity contribution is -0.339. The molecule has 0 aromatic rings. The highest BCUT2D eigenvalue weighted by Gasteiger charge is 2.11. The molecule has 0 rings (SSSR count). The van der Waals surface area contributed by atoms with Crippen LogP contribution in [0.2, 0.25) is 0 Å². The second kappa shape index (κ2) is 5.37. The number of hydrogen-bond donors (Lipinski definition) is 0. The van der Waals surface area contributed by atoms with Gasteiger partial charge >= 0.3 is 0 Å². The molecule has 14 heavy (non-hydrogen) atoms. The minimum atomic E-state index is -5.55. The Morgan fingerprint density at radius 1 is 1.21 bits per heavy atom. The molecule has 0 heterocycles. The topological polar surface area (TPSA) is 122 Å². The van der Waals surface area contributed by atoms with Crippen LogP contribution in [0.1, 0.15) is 20.3 Å². The molecule has 0 aliphatic heterocycles. The molecule has 0 N–H and O–H groups in total. The minimum absolute atomic E-state index is 0.196. The molecule has 0 amide bonds. The molecule has 7 nitrogen and oxygen atoms in total. The molecule has 86 valence electrons. The van der Waals surface area contributed by atoms with Gasteiger partial charge in [-0.15, -0.1) is 0 Å². The first kappa shape index (κ1) is 14.3. The summed E-state index contributed by atoms with van der Waals surface area (Å²) >= 11 is 0. The molecule has 0 radical (unpaired) electrons. The summed E-state index contributed by atoms with van der Waals surface area (Å²) in [5, 5.41) is 0. The quantitative estimate of drug-likeness (QED) is 0.570. The van der Waals surface area contributed by atoms with Gasteiger partial charge in [-0.2, -0.15) is 0 Å². The van der Waals surface area contributed by atoms with E-state index in [9.17, 15) is 23.8 Å². The Kier molecular flexibility index (Phi) is 5.47. The third-order valence-electron chi connectivity index (χ3n) is 1.14. The first-order chi connectivity index (χ1) is 6.12. The largest absolute Gasteiger partial charge is 0.790 e. The van der Waals surface area contributed by atoms with Crippen LogP contribution in [0.5, 0.6) is 0 Å². The lowest BCUT2D eigenvalue weighted by Gasteiger charge is -2.35. The average Bonchev–Trinajstić information content (AvgIpc) is 1.78. The first-order valence-corrected chi connectivity index (χ1v) is 6.73. The van der Waals surface area contributed by atoms with Crippen LogP contribution in [0.3, 0.4) is 0 Å². The number of rotatable bonds is 6. The van der Waals surface area contributed by atoms with E-state index in [4.69, 9.17) is 0 Å². The van der Waals surface area contributed by atoms with Gasteiger partial charge in [0.05, 0.1) is 14.4 Å². The molecule has 1 unspecified atom stereocenters. The highest BCUT2D eigenvalue weighted by atomic mass is 31.3. The molecule has 0 saturated carbocycles. The van der Waals surface area contributed by atoms with Crippen molar-refractivity contribution in [3.05, 3.63) is 0 Å². The average molecular weight is 245 g/mol. The van der Waals surface area contributed by atoms with Crippen molar-refractivity contribution < 1.29 is 32.6 Å². The summed E-state index contributed by atoms with van der Waals surface area (Å²) in [5.41, 5.74) is 0. The zero-order valence-electron chi connectivity index (χ0n) is 7.74. The monoisotopic (exact) mass is 245 g/mol. The smallest absolute Gasteiger partial charge is 0.271 e. The first-order valence-electron chi connectivity index (χ1n) is 3.81. The fraction of sp³-hybridized carbons (Fsp3) is 1.00. The van der Waals surface area contributed by atoms with E-state index in [0.717, 1.165) is 0 Å². The van der Waals surface area contributed by atoms with Gasteiger partial charge in [0.15, 0.2) is 0 Å². The van der Waals surface area contributed by atoms with Crippen molar-refractivity contribution in [3.8, 4) is 0 Å². The van der Waals surface area contributed by atoms with Crippen LogP contribution in [-0.4, -0.2) is 6.61 Å². The molecule has 0 spiro atoms. The van der Waals surface area contributed by atoms with Crippen LogP contribution in [0.15, 0.2) is 0 Å². The van der Waals surface area contributed by atoms with E-state index in [0.29, 0.717) is 6.42 Å². The van der Waals surface area contributed by atoms with Gasteiger partial charge in [-0.1, -0.05) is 13.8 Å². The van der Waals surface area contributed by atoms with E-state index >= 15 is 0 Å². The Hall–Kier alpha value is 0.260. The Morgan fingerprint density at radius 3 is 2.07 bits per heavy atom. The summed E-state index contributed by atoms with van der Waals surface area (Å²) < 4.78 is 27.9. The second-order valence-electron chi connectivity index (χ2n) is 2.99. The molecule has 0 aliphatic carbocycles. The molecule has 0 fully saturated rings. The zero-order valence-corrected chi connectivity index (χ0v) is 9.53. The van der Waals surface area contributed by atoms with Gasteiger partial charge in [0.25, 0.3) is 7.82 Å². The van der Waals surface area contributed by atoms with Crippen molar-refractivity contribution in [1.29, 1.82) is 0 Å². The molecule has 0 aromatic carbocycles. The van der Waals surface area contributed by atoms with E-state index in [1.54, 1.807) is 0 Å². The Balaban J connectivity index is 3.97. The maximum atomic E-state index is 10.6. The van der Waals surface area contributed by atoms with Crippen molar-refractivity contribution >= 4 is 15.6 Å². The van der Waals surface area contributed by atoms with Crippen molar-refractivity contribution in [3.63, 3.8) is 0 Å². The van der Waals surface area contributed by atoms with Gasteiger partial charge in [0.2, 0.25) is 0 Å².